The molecule has 0 aliphatic carbocycles. The summed E-state index contributed by atoms with van der Waals surface area (Å²) in [7, 11) is 1.31. The van der Waals surface area contributed by atoms with Gasteiger partial charge in [0.1, 0.15) is 11.8 Å². The third-order valence-electron chi connectivity index (χ3n) is 4.47. The Labute approximate surface area is 188 Å². The number of nitrogens with zero attached hydrogens (tertiary/aromatic N) is 2. The summed E-state index contributed by atoms with van der Waals surface area (Å²) >= 11 is 3.40. The Morgan fingerprint density at radius 2 is 2.00 bits per heavy atom. The largest absolute Gasteiger partial charge is 0.490 e. The van der Waals surface area contributed by atoms with Crippen LogP contribution >= 0.6 is 15.9 Å². The Balaban J connectivity index is 2.18. The van der Waals surface area contributed by atoms with Crippen molar-refractivity contribution in [3.63, 3.8) is 0 Å². The normalized spacial score (nSPS) is 11.4. The number of carbonyl (C=O) groups excluding carboxylic acids is 2. The minimum atomic E-state index is -0.721. The van der Waals surface area contributed by atoms with E-state index in [1.165, 1.54) is 30.2 Å². The van der Waals surface area contributed by atoms with E-state index in [2.05, 4.69) is 21.2 Å². The highest BCUT2D eigenvalue weighted by molar-refractivity contribution is 9.10. The van der Waals surface area contributed by atoms with Crippen molar-refractivity contribution in [1.82, 2.24) is 10.2 Å². The SMILES string of the molecule is CCNC(=O)C(C)N(Cc1cccc(Br)c1)C(=O)COc1ccc([N+](=O)[O-])c(OC)c1. The molecule has 31 heavy (non-hydrogen) atoms. The lowest BCUT2D eigenvalue weighted by molar-refractivity contribution is -0.385. The lowest BCUT2D eigenvalue weighted by atomic mass is 10.1. The molecule has 0 aliphatic heterocycles. The number of halogens is 1. The zero-order valence-corrected chi connectivity index (χ0v) is 19.0. The summed E-state index contributed by atoms with van der Waals surface area (Å²) in [5.41, 5.74) is 0.637. The number of hydrogen-bond donors (Lipinski definition) is 1. The fraction of sp³-hybridized carbons (Fsp3) is 0.333. The molecule has 2 aromatic rings. The third kappa shape index (κ3) is 6.68. The molecule has 9 nitrogen and oxygen atoms in total. The quantitative estimate of drug-likeness (QED) is 0.401. The van der Waals surface area contributed by atoms with Crippen LogP contribution in [0.2, 0.25) is 0 Å². The van der Waals surface area contributed by atoms with E-state index in [0.29, 0.717) is 6.54 Å². The van der Waals surface area contributed by atoms with Crippen LogP contribution in [0, 0.1) is 10.1 Å². The first-order valence-corrected chi connectivity index (χ1v) is 10.3. The maximum atomic E-state index is 13.0. The molecule has 10 heteroatoms. The summed E-state index contributed by atoms with van der Waals surface area (Å²) in [5.74, 6) is -0.417. The summed E-state index contributed by atoms with van der Waals surface area (Å²) in [6.07, 6.45) is 0. The van der Waals surface area contributed by atoms with Crippen LogP contribution in [0.3, 0.4) is 0 Å². The van der Waals surface area contributed by atoms with Gasteiger partial charge in [-0.2, -0.15) is 0 Å². The number of amides is 2. The van der Waals surface area contributed by atoms with Gasteiger partial charge < -0.3 is 19.7 Å². The van der Waals surface area contributed by atoms with E-state index in [1.54, 1.807) is 13.8 Å². The molecule has 0 heterocycles. The lowest BCUT2D eigenvalue weighted by Gasteiger charge is -2.28. The maximum Gasteiger partial charge on any atom is 0.311 e. The molecule has 2 aromatic carbocycles. The summed E-state index contributed by atoms with van der Waals surface area (Å²) in [4.78, 5) is 37.2. The zero-order chi connectivity index (χ0) is 23.0. The maximum absolute atomic E-state index is 13.0. The van der Waals surface area contributed by atoms with E-state index >= 15 is 0 Å². The molecule has 1 atom stereocenters. The van der Waals surface area contributed by atoms with Crippen molar-refractivity contribution in [2.24, 2.45) is 0 Å². The molecular formula is C21H24BrN3O6. The average molecular weight is 494 g/mol. The summed E-state index contributed by atoms with van der Waals surface area (Å²) in [6.45, 7) is 3.76. The number of methoxy groups -OCH3 is 1. The van der Waals surface area contributed by atoms with Crippen LogP contribution in [0.25, 0.3) is 0 Å². The highest BCUT2D eigenvalue weighted by Crippen LogP contribution is 2.30. The average Bonchev–Trinajstić information content (AvgIpc) is 2.75. The van der Waals surface area contributed by atoms with Crippen LogP contribution in [0.5, 0.6) is 11.5 Å². The van der Waals surface area contributed by atoms with Crippen LogP contribution in [0.1, 0.15) is 19.4 Å². The Kier molecular flexibility index (Phi) is 8.80. The van der Waals surface area contributed by atoms with Crippen molar-refractivity contribution in [1.29, 1.82) is 0 Å². The number of rotatable bonds is 10. The van der Waals surface area contributed by atoms with Crippen molar-refractivity contribution < 1.29 is 24.0 Å². The van der Waals surface area contributed by atoms with E-state index in [1.807, 2.05) is 24.3 Å². The molecule has 1 N–H and O–H groups in total. The molecule has 0 bridgehead atoms. The summed E-state index contributed by atoms with van der Waals surface area (Å²) in [6, 6.07) is 10.7. The van der Waals surface area contributed by atoms with E-state index < -0.39 is 16.9 Å². The van der Waals surface area contributed by atoms with Gasteiger partial charge in [-0.3, -0.25) is 19.7 Å². The highest BCUT2D eigenvalue weighted by Gasteiger charge is 2.26. The zero-order valence-electron chi connectivity index (χ0n) is 17.5. The first-order valence-electron chi connectivity index (χ1n) is 9.53. The molecule has 0 radical (unpaired) electrons. The molecule has 166 valence electrons. The molecule has 0 fully saturated rings. The van der Waals surface area contributed by atoms with Crippen molar-refractivity contribution in [2.75, 3.05) is 20.3 Å². The first kappa shape index (κ1) is 24.1. The molecule has 1 unspecified atom stereocenters. The van der Waals surface area contributed by atoms with Crippen LogP contribution in [0.15, 0.2) is 46.9 Å². The standard InChI is InChI=1S/C21H24BrN3O6/c1-4-23-21(27)14(2)24(12-15-6-5-7-16(22)10-15)20(26)13-31-17-8-9-18(25(28)29)19(11-17)30-3/h5-11,14H,4,12-13H2,1-3H3,(H,23,27). The molecule has 0 saturated carbocycles. The number of ether oxygens (including phenoxy) is 2. The van der Waals surface area contributed by atoms with Gasteiger partial charge in [0.25, 0.3) is 5.91 Å². The summed E-state index contributed by atoms with van der Waals surface area (Å²) < 4.78 is 11.4. The minimum Gasteiger partial charge on any atom is -0.490 e. The van der Waals surface area contributed by atoms with Gasteiger partial charge in [-0.1, -0.05) is 28.1 Å². The van der Waals surface area contributed by atoms with Gasteiger partial charge in [0.05, 0.1) is 12.0 Å². The van der Waals surface area contributed by atoms with E-state index in [4.69, 9.17) is 9.47 Å². The molecule has 2 rings (SSSR count). The second kappa shape index (κ2) is 11.3. The van der Waals surface area contributed by atoms with Gasteiger partial charge in [0, 0.05) is 29.7 Å². The van der Waals surface area contributed by atoms with E-state index in [9.17, 15) is 19.7 Å². The predicted molar refractivity (Wildman–Crippen MR) is 118 cm³/mol. The third-order valence-corrected chi connectivity index (χ3v) is 4.96. The molecular weight excluding hydrogens is 470 g/mol. The number of hydrogen-bond acceptors (Lipinski definition) is 6. The molecule has 0 aromatic heterocycles. The van der Waals surface area contributed by atoms with Crippen LogP contribution in [-0.4, -0.2) is 47.9 Å². The Morgan fingerprint density at radius 1 is 1.26 bits per heavy atom. The first-order chi connectivity index (χ1) is 14.8. The van der Waals surface area contributed by atoms with Crippen molar-refractivity contribution in [2.45, 2.75) is 26.4 Å². The van der Waals surface area contributed by atoms with E-state index in [0.717, 1.165) is 10.0 Å². The molecule has 0 aliphatic rings. The van der Waals surface area contributed by atoms with Gasteiger partial charge in [0.15, 0.2) is 6.61 Å². The van der Waals surface area contributed by atoms with E-state index in [-0.39, 0.29) is 36.2 Å². The fourth-order valence-corrected chi connectivity index (χ4v) is 3.31. The Bertz CT molecular complexity index is 952. The number of nitro benzene ring substituents is 1. The lowest BCUT2D eigenvalue weighted by Crippen LogP contribution is -2.49. The Hall–Kier alpha value is -3.14. The number of nitro groups is 1. The van der Waals surface area contributed by atoms with Gasteiger partial charge in [-0.25, -0.2) is 0 Å². The predicted octanol–water partition coefficient (Wildman–Crippen LogP) is 3.30. The highest BCUT2D eigenvalue weighted by atomic mass is 79.9. The van der Waals surface area contributed by atoms with Gasteiger partial charge in [-0.05, 0) is 37.6 Å². The minimum absolute atomic E-state index is 0.0247. The van der Waals surface area contributed by atoms with Crippen molar-refractivity contribution >= 4 is 33.4 Å². The monoisotopic (exact) mass is 493 g/mol. The van der Waals surface area contributed by atoms with Crippen LogP contribution in [0.4, 0.5) is 5.69 Å². The van der Waals surface area contributed by atoms with Gasteiger partial charge in [0.2, 0.25) is 11.7 Å². The Morgan fingerprint density at radius 3 is 2.61 bits per heavy atom. The summed E-state index contributed by atoms with van der Waals surface area (Å²) in [5, 5.41) is 13.7. The second-order valence-electron chi connectivity index (χ2n) is 6.60. The number of benzene rings is 2. The second-order valence-corrected chi connectivity index (χ2v) is 7.52. The van der Waals surface area contributed by atoms with Crippen molar-refractivity contribution in [3.05, 3.63) is 62.6 Å². The van der Waals surface area contributed by atoms with Gasteiger partial charge >= 0.3 is 5.69 Å². The smallest absolute Gasteiger partial charge is 0.311 e. The number of carbonyl (C=O) groups is 2. The van der Waals surface area contributed by atoms with Crippen LogP contribution < -0.4 is 14.8 Å². The molecule has 0 saturated heterocycles. The molecule has 0 spiro atoms. The molecule has 2 amide bonds. The van der Waals surface area contributed by atoms with Gasteiger partial charge in [-0.15, -0.1) is 0 Å². The number of likely N-dealkylation sites (N-methyl/N-ethyl adjacent to an activating group) is 1. The van der Waals surface area contributed by atoms with Crippen molar-refractivity contribution in [3.8, 4) is 11.5 Å². The van der Waals surface area contributed by atoms with Crippen LogP contribution in [-0.2, 0) is 16.1 Å². The topological polar surface area (TPSA) is 111 Å². The number of nitrogens with one attached hydrogen (secondary N) is 1. The fourth-order valence-electron chi connectivity index (χ4n) is 2.86.